The first-order valence-corrected chi connectivity index (χ1v) is 2.85. The number of aliphatic carboxylic acids is 2. The summed E-state index contributed by atoms with van der Waals surface area (Å²) in [6, 6.07) is 0. The van der Waals surface area contributed by atoms with Crippen molar-refractivity contribution >= 4 is 11.9 Å². The molecule has 0 saturated heterocycles. The highest BCUT2D eigenvalue weighted by Gasteiger charge is 2.27. The zero-order valence-corrected chi connectivity index (χ0v) is 6.00. The molecule has 0 rings (SSSR count). The van der Waals surface area contributed by atoms with Crippen molar-refractivity contribution in [3.8, 4) is 0 Å². The Kier molecular flexibility index (Phi) is 2.97. The summed E-state index contributed by atoms with van der Waals surface area (Å²) >= 11 is 0. The number of hydrogen-bond donors (Lipinski definition) is 4. The summed E-state index contributed by atoms with van der Waals surface area (Å²) in [5.74, 6) is -2.44. The fraction of sp³-hybridized carbons (Fsp3) is 0.600. The van der Waals surface area contributed by atoms with E-state index in [0.717, 1.165) is 0 Å². The quantitative estimate of drug-likeness (QED) is 0.371. The maximum absolute atomic E-state index is 10.3. The zero-order valence-electron chi connectivity index (χ0n) is 6.00. The molecular formula is C5H10N2O4. The maximum atomic E-state index is 10.3. The van der Waals surface area contributed by atoms with E-state index in [1.54, 1.807) is 0 Å². The molecule has 0 radical (unpaired) electrons. The summed E-state index contributed by atoms with van der Waals surface area (Å²) in [7, 11) is 0. The van der Waals surface area contributed by atoms with E-state index in [1.807, 2.05) is 0 Å². The van der Waals surface area contributed by atoms with Gasteiger partial charge in [-0.25, -0.2) is 4.79 Å². The fourth-order valence-corrected chi connectivity index (χ4v) is 0.335. The topological polar surface area (TPSA) is 113 Å². The second-order valence-electron chi connectivity index (χ2n) is 2.25. The molecule has 0 bridgehead atoms. The SMILES string of the molecule is C[C@@](N)(NCC(=O)O)C(=O)O. The Hall–Kier alpha value is -1.14. The maximum Gasteiger partial charge on any atom is 0.338 e. The van der Waals surface area contributed by atoms with Crippen LogP contribution in [0.25, 0.3) is 0 Å². The molecule has 6 nitrogen and oxygen atoms in total. The van der Waals surface area contributed by atoms with Crippen LogP contribution in [-0.2, 0) is 9.59 Å². The first kappa shape index (κ1) is 9.86. The number of hydrogen-bond acceptors (Lipinski definition) is 4. The average Bonchev–Trinajstić information content (AvgIpc) is 1.84. The molecule has 0 amide bonds. The van der Waals surface area contributed by atoms with Crippen molar-refractivity contribution in [3.05, 3.63) is 0 Å². The van der Waals surface area contributed by atoms with Crippen molar-refractivity contribution in [2.24, 2.45) is 5.73 Å². The molecule has 0 aromatic heterocycles. The van der Waals surface area contributed by atoms with Crippen molar-refractivity contribution in [3.63, 3.8) is 0 Å². The highest BCUT2D eigenvalue weighted by atomic mass is 16.4. The molecule has 0 fully saturated rings. The van der Waals surface area contributed by atoms with Crippen LogP contribution >= 0.6 is 0 Å². The van der Waals surface area contributed by atoms with Gasteiger partial charge in [0.1, 0.15) is 0 Å². The van der Waals surface area contributed by atoms with Gasteiger partial charge >= 0.3 is 11.9 Å². The molecule has 0 aliphatic carbocycles. The van der Waals surface area contributed by atoms with E-state index in [0.29, 0.717) is 0 Å². The molecule has 0 aliphatic heterocycles. The van der Waals surface area contributed by atoms with Crippen molar-refractivity contribution < 1.29 is 19.8 Å². The van der Waals surface area contributed by atoms with Gasteiger partial charge in [-0.3, -0.25) is 10.1 Å². The summed E-state index contributed by atoms with van der Waals surface area (Å²) < 4.78 is 0. The normalized spacial score (nSPS) is 15.5. The van der Waals surface area contributed by atoms with E-state index in [9.17, 15) is 9.59 Å². The summed E-state index contributed by atoms with van der Waals surface area (Å²) in [5, 5.41) is 18.7. The predicted molar refractivity (Wildman–Crippen MR) is 35.9 cm³/mol. The van der Waals surface area contributed by atoms with Gasteiger partial charge in [-0.1, -0.05) is 0 Å². The number of rotatable bonds is 4. The van der Waals surface area contributed by atoms with E-state index in [1.165, 1.54) is 6.92 Å². The third-order valence-corrected chi connectivity index (χ3v) is 1.05. The molecular weight excluding hydrogens is 152 g/mol. The minimum absolute atomic E-state index is 0.473. The van der Waals surface area contributed by atoms with Crippen LogP contribution in [0.15, 0.2) is 0 Å². The van der Waals surface area contributed by atoms with Crippen LogP contribution in [0.5, 0.6) is 0 Å². The first-order valence-electron chi connectivity index (χ1n) is 2.85. The van der Waals surface area contributed by atoms with E-state index in [-0.39, 0.29) is 0 Å². The number of nitrogens with one attached hydrogen (secondary N) is 1. The Morgan fingerprint density at radius 2 is 2.00 bits per heavy atom. The Morgan fingerprint density at radius 1 is 1.55 bits per heavy atom. The van der Waals surface area contributed by atoms with Crippen LogP contribution in [0.1, 0.15) is 6.92 Å². The van der Waals surface area contributed by atoms with Gasteiger partial charge in [-0.05, 0) is 6.92 Å². The Labute approximate surface area is 63.0 Å². The van der Waals surface area contributed by atoms with Gasteiger partial charge in [0, 0.05) is 0 Å². The molecule has 0 saturated carbocycles. The van der Waals surface area contributed by atoms with Crippen molar-refractivity contribution in [1.29, 1.82) is 0 Å². The number of carboxylic acid groups (broad SMARTS) is 2. The molecule has 5 N–H and O–H groups in total. The number of nitrogens with two attached hydrogens (primary N) is 1. The van der Waals surface area contributed by atoms with Crippen molar-refractivity contribution in [2.45, 2.75) is 12.6 Å². The van der Waals surface area contributed by atoms with Gasteiger partial charge in [0.25, 0.3) is 0 Å². The Balaban J connectivity index is 3.92. The molecule has 0 aromatic rings. The molecule has 0 aliphatic rings. The van der Waals surface area contributed by atoms with E-state index >= 15 is 0 Å². The van der Waals surface area contributed by atoms with Crippen LogP contribution in [0, 0.1) is 0 Å². The van der Waals surface area contributed by atoms with Gasteiger partial charge in [0.2, 0.25) is 0 Å². The molecule has 0 spiro atoms. The average molecular weight is 162 g/mol. The van der Waals surface area contributed by atoms with Crippen molar-refractivity contribution in [1.82, 2.24) is 5.32 Å². The molecule has 0 aromatic carbocycles. The van der Waals surface area contributed by atoms with Crippen LogP contribution in [0.2, 0.25) is 0 Å². The summed E-state index contributed by atoms with van der Waals surface area (Å²) in [4.78, 5) is 20.2. The monoisotopic (exact) mass is 162 g/mol. The Bertz CT molecular complexity index is 177. The second-order valence-corrected chi connectivity index (χ2v) is 2.25. The van der Waals surface area contributed by atoms with Gasteiger partial charge in [-0.15, -0.1) is 0 Å². The van der Waals surface area contributed by atoms with E-state index < -0.39 is 24.1 Å². The largest absolute Gasteiger partial charge is 0.480 e. The lowest BCUT2D eigenvalue weighted by Gasteiger charge is -2.19. The van der Waals surface area contributed by atoms with Gasteiger partial charge in [0.05, 0.1) is 6.54 Å². The van der Waals surface area contributed by atoms with Crippen LogP contribution in [0.4, 0.5) is 0 Å². The summed E-state index contributed by atoms with van der Waals surface area (Å²) in [5.41, 5.74) is 3.45. The molecule has 0 heterocycles. The lowest BCUT2D eigenvalue weighted by Crippen LogP contribution is -2.58. The van der Waals surface area contributed by atoms with E-state index in [2.05, 4.69) is 5.32 Å². The molecule has 0 unspecified atom stereocenters. The van der Waals surface area contributed by atoms with Gasteiger partial charge in [0.15, 0.2) is 5.66 Å². The number of carbonyl (C=O) groups is 2. The van der Waals surface area contributed by atoms with Gasteiger partial charge < -0.3 is 15.9 Å². The second kappa shape index (κ2) is 3.31. The zero-order chi connectivity index (χ0) is 9.07. The van der Waals surface area contributed by atoms with Crippen LogP contribution in [-0.4, -0.2) is 34.4 Å². The lowest BCUT2D eigenvalue weighted by atomic mass is 10.2. The third kappa shape index (κ3) is 3.54. The third-order valence-electron chi connectivity index (χ3n) is 1.05. The smallest absolute Gasteiger partial charge is 0.338 e. The minimum Gasteiger partial charge on any atom is -0.480 e. The van der Waals surface area contributed by atoms with Gasteiger partial charge in [-0.2, -0.15) is 0 Å². The Morgan fingerprint density at radius 3 is 2.27 bits per heavy atom. The fourth-order valence-electron chi connectivity index (χ4n) is 0.335. The summed E-state index contributed by atoms with van der Waals surface area (Å²) in [6.45, 7) is 0.706. The molecule has 6 heteroatoms. The molecule has 64 valence electrons. The highest BCUT2D eigenvalue weighted by Crippen LogP contribution is 1.91. The number of carboxylic acids is 2. The molecule has 1 atom stereocenters. The molecule has 11 heavy (non-hydrogen) atoms. The van der Waals surface area contributed by atoms with Crippen LogP contribution < -0.4 is 11.1 Å². The highest BCUT2D eigenvalue weighted by molar-refractivity contribution is 5.78. The first-order chi connectivity index (χ1) is 4.86. The van der Waals surface area contributed by atoms with Crippen LogP contribution in [0.3, 0.4) is 0 Å². The van der Waals surface area contributed by atoms with Crippen molar-refractivity contribution in [2.75, 3.05) is 6.54 Å². The van der Waals surface area contributed by atoms with E-state index in [4.69, 9.17) is 15.9 Å². The predicted octanol–water partition coefficient (Wildman–Crippen LogP) is -1.58. The summed E-state index contributed by atoms with van der Waals surface area (Å²) in [6.07, 6.45) is 0. The standard InChI is InChI=1S/C5H10N2O4/c1-5(6,4(10)11)7-2-3(8)9/h7H,2,6H2,1H3,(H,8,9)(H,10,11)/t5-/m1/s1. The minimum atomic E-state index is -1.68. The lowest BCUT2D eigenvalue weighted by molar-refractivity contribution is -0.144.